The highest BCUT2D eigenvalue weighted by Crippen LogP contribution is 2.37. The molecule has 7 heteroatoms. The van der Waals surface area contributed by atoms with Crippen molar-refractivity contribution < 1.29 is 28.9 Å². The Morgan fingerprint density at radius 2 is 2.17 bits per heavy atom. The number of rotatable bonds is 3. The molecule has 1 atom stereocenters. The number of amides is 1. The minimum absolute atomic E-state index is 0.194. The fourth-order valence-corrected chi connectivity index (χ4v) is 3.09. The summed E-state index contributed by atoms with van der Waals surface area (Å²) in [6.07, 6.45) is 1.63. The van der Waals surface area contributed by atoms with Crippen LogP contribution in [0.1, 0.15) is 43.5 Å². The van der Waals surface area contributed by atoms with Gasteiger partial charge in [-0.1, -0.05) is 6.07 Å². The first-order valence-electron chi connectivity index (χ1n) is 8.05. The van der Waals surface area contributed by atoms with E-state index in [0.29, 0.717) is 18.0 Å². The molecule has 7 nitrogen and oxygen atoms in total. The van der Waals surface area contributed by atoms with Gasteiger partial charge in [0.1, 0.15) is 23.7 Å². The molecule has 2 aliphatic heterocycles. The molecule has 130 valence electrons. The number of carboxylic acid groups (broad SMARTS) is 1. The lowest BCUT2D eigenvalue weighted by atomic mass is 10.0. The molecule has 0 saturated carbocycles. The Morgan fingerprint density at radius 1 is 1.38 bits per heavy atom. The molecule has 3 rings (SSSR count). The molecule has 0 spiro atoms. The van der Waals surface area contributed by atoms with Crippen molar-refractivity contribution in [3.63, 3.8) is 0 Å². The molecule has 2 aliphatic rings. The zero-order valence-corrected chi connectivity index (χ0v) is 13.8. The van der Waals surface area contributed by atoms with Gasteiger partial charge >= 0.3 is 12.1 Å². The molecule has 1 amide bonds. The van der Waals surface area contributed by atoms with Gasteiger partial charge in [-0.05, 0) is 31.4 Å². The van der Waals surface area contributed by atoms with Crippen molar-refractivity contribution >= 4 is 12.1 Å². The quantitative estimate of drug-likeness (QED) is 0.855. The summed E-state index contributed by atoms with van der Waals surface area (Å²) >= 11 is 0. The van der Waals surface area contributed by atoms with Gasteiger partial charge in [0.25, 0.3) is 0 Å². The summed E-state index contributed by atoms with van der Waals surface area (Å²) in [4.78, 5) is 25.0. The van der Waals surface area contributed by atoms with Crippen molar-refractivity contribution in [1.82, 2.24) is 4.90 Å². The van der Waals surface area contributed by atoms with Gasteiger partial charge in [-0.3, -0.25) is 0 Å². The van der Waals surface area contributed by atoms with Gasteiger partial charge < -0.3 is 24.2 Å². The van der Waals surface area contributed by atoms with Crippen LogP contribution in [0.4, 0.5) is 4.79 Å². The first-order chi connectivity index (χ1) is 11.4. The van der Waals surface area contributed by atoms with Crippen LogP contribution in [0.15, 0.2) is 18.2 Å². The molecule has 0 bridgehead atoms. The topological polar surface area (TPSA) is 85.3 Å². The molecule has 0 unspecified atom stereocenters. The lowest BCUT2D eigenvalue weighted by Crippen LogP contribution is -2.46. The number of hydrogen-bond acceptors (Lipinski definition) is 5. The summed E-state index contributed by atoms with van der Waals surface area (Å²) in [7, 11) is 0. The van der Waals surface area contributed by atoms with Gasteiger partial charge in [0.2, 0.25) is 5.79 Å². The smallest absolute Gasteiger partial charge is 0.407 e. The van der Waals surface area contributed by atoms with Crippen LogP contribution >= 0.6 is 0 Å². The summed E-state index contributed by atoms with van der Waals surface area (Å²) in [6.45, 7) is 4.03. The van der Waals surface area contributed by atoms with Crippen LogP contribution in [0.5, 0.6) is 11.5 Å². The number of likely N-dealkylation sites (tertiary alicyclic amines) is 1. The van der Waals surface area contributed by atoms with Crippen LogP contribution < -0.4 is 9.47 Å². The van der Waals surface area contributed by atoms with Crippen LogP contribution in [-0.2, 0) is 4.74 Å². The van der Waals surface area contributed by atoms with Gasteiger partial charge in [-0.15, -0.1) is 0 Å². The molecule has 1 fully saturated rings. The lowest BCUT2D eigenvalue weighted by Gasteiger charge is -2.34. The van der Waals surface area contributed by atoms with E-state index in [9.17, 15) is 14.7 Å². The van der Waals surface area contributed by atoms with Crippen molar-refractivity contribution in [3.8, 4) is 11.5 Å². The molecule has 2 heterocycles. The number of piperidine rings is 1. The highest BCUT2D eigenvalue weighted by molar-refractivity contribution is 5.96. The van der Waals surface area contributed by atoms with E-state index in [-0.39, 0.29) is 18.2 Å². The van der Waals surface area contributed by atoms with E-state index in [1.54, 1.807) is 32.0 Å². The molecular formula is C17H21NO6. The minimum Gasteiger partial charge on any atom is -0.490 e. The van der Waals surface area contributed by atoms with Crippen molar-refractivity contribution in [2.24, 2.45) is 0 Å². The SMILES string of the molecule is CC1(C)OC(=O)c2c(OC[C@@H]3CCCCN3C(=O)O)cccc2O1. The van der Waals surface area contributed by atoms with E-state index in [0.717, 1.165) is 19.3 Å². The Morgan fingerprint density at radius 3 is 2.92 bits per heavy atom. The Balaban J connectivity index is 1.77. The molecule has 0 aromatic heterocycles. The van der Waals surface area contributed by atoms with Gasteiger partial charge in [-0.2, -0.15) is 0 Å². The number of carbonyl (C=O) groups excluding carboxylic acids is 1. The number of hydrogen-bond donors (Lipinski definition) is 1. The molecule has 1 aromatic carbocycles. The number of benzene rings is 1. The number of fused-ring (bicyclic) bond motifs is 1. The second-order valence-electron chi connectivity index (χ2n) is 6.46. The normalized spacial score (nSPS) is 22.2. The fraction of sp³-hybridized carbons (Fsp3) is 0.529. The average molecular weight is 335 g/mol. The van der Waals surface area contributed by atoms with E-state index in [1.165, 1.54) is 4.90 Å². The number of cyclic esters (lactones) is 1. The Bertz CT molecular complexity index is 656. The number of carbonyl (C=O) groups is 2. The van der Waals surface area contributed by atoms with Gasteiger partial charge in [0.15, 0.2) is 0 Å². The highest BCUT2D eigenvalue weighted by atomic mass is 16.7. The Hall–Kier alpha value is -2.44. The van der Waals surface area contributed by atoms with E-state index in [2.05, 4.69) is 0 Å². The largest absolute Gasteiger partial charge is 0.490 e. The molecule has 1 N–H and O–H groups in total. The monoisotopic (exact) mass is 335 g/mol. The molecule has 0 radical (unpaired) electrons. The maximum absolute atomic E-state index is 12.3. The number of ether oxygens (including phenoxy) is 3. The van der Waals surface area contributed by atoms with Crippen LogP contribution in [0, 0.1) is 0 Å². The van der Waals surface area contributed by atoms with Crippen LogP contribution in [0.2, 0.25) is 0 Å². The first-order valence-corrected chi connectivity index (χ1v) is 8.05. The van der Waals surface area contributed by atoms with E-state index >= 15 is 0 Å². The molecule has 24 heavy (non-hydrogen) atoms. The van der Waals surface area contributed by atoms with Crippen molar-refractivity contribution in [1.29, 1.82) is 0 Å². The molecule has 0 aliphatic carbocycles. The zero-order valence-electron chi connectivity index (χ0n) is 13.8. The first kappa shape index (κ1) is 16.4. The second-order valence-corrected chi connectivity index (χ2v) is 6.46. The summed E-state index contributed by atoms with van der Waals surface area (Å²) in [5.74, 6) is -0.765. The lowest BCUT2D eigenvalue weighted by molar-refractivity contribution is -0.127. The van der Waals surface area contributed by atoms with Crippen molar-refractivity contribution in [3.05, 3.63) is 23.8 Å². The summed E-state index contributed by atoms with van der Waals surface area (Å²) in [6, 6.07) is 4.87. The van der Waals surface area contributed by atoms with Gasteiger partial charge in [0.05, 0.1) is 6.04 Å². The fourth-order valence-electron chi connectivity index (χ4n) is 3.09. The van der Waals surface area contributed by atoms with Gasteiger partial charge in [-0.25, -0.2) is 9.59 Å². The second kappa shape index (κ2) is 6.22. The third-order valence-electron chi connectivity index (χ3n) is 4.19. The maximum atomic E-state index is 12.3. The maximum Gasteiger partial charge on any atom is 0.407 e. The molecule has 1 aromatic rings. The molecule has 1 saturated heterocycles. The van der Waals surface area contributed by atoms with E-state index < -0.39 is 17.8 Å². The average Bonchev–Trinajstić information content (AvgIpc) is 2.51. The third kappa shape index (κ3) is 3.25. The summed E-state index contributed by atoms with van der Waals surface area (Å²) < 4.78 is 16.7. The predicted molar refractivity (Wildman–Crippen MR) is 84.4 cm³/mol. The van der Waals surface area contributed by atoms with Gasteiger partial charge in [0, 0.05) is 20.4 Å². The Kier molecular flexibility index (Phi) is 4.26. The summed E-state index contributed by atoms with van der Waals surface area (Å²) in [5, 5.41) is 9.27. The standard InChI is InChI=1S/C17H21NO6/c1-17(2)23-13-8-5-7-12(14(13)15(19)24-17)22-10-11-6-3-4-9-18(11)16(20)21/h5,7-8,11H,3-4,6,9-10H2,1-2H3,(H,20,21)/t11-/m0/s1. The summed E-state index contributed by atoms with van der Waals surface area (Å²) in [5.41, 5.74) is 0.245. The zero-order chi connectivity index (χ0) is 17.3. The molecular weight excluding hydrogens is 314 g/mol. The number of esters is 1. The Labute approximate surface area is 140 Å². The van der Waals surface area contributed by atoms with Crippen molar-refractivity contribution in [2.45, 2.75) is 44.9 Å². The highest BCUT2D eigenvalue weighted by Gasteiger charge is 2.36. The van der Waals surface area contributed by atoms with Crippen LogP contribution in [0.3, 0.4) is 0 Å². The van der Waals surface area contributed by atoms with E-state index in [1.807, 2.05) is 0 Å². The van der Waals surface area contributed by atoms with Crippen LogP contribution in [-0.4, -0.2) is 47.0 Å². The number of nitrogens with zero attached hydrogens (tertiary/aromatic N) is 1. The minimum atomic E-state index is -1.02. The third-order valence-corrected chi connectivity index (χ3v) is 4.19. The van der Waals surface area contributed by atoms with E-state index in [4.69, 9.17) is 14.2 Å². The van der Waals surface area contributed by atoms with Crippen LogP contribution in [0.25, 0.3) is 0 Å². The predicted octanol–water partition coefficient (Wildman–Crippen LogP) is 2.88. The van der Waals surface area contributed by atoms with Crippen molar-refractivity contribution in [2.75, 3.05) is 13.2 Å².